The van der Waals surface area contributed by atoms with Gasteiger partial charge in [0.15, 0.2) is 11.6 Å². The molecule has 0 radical (unpaired) electrons. The summed E-state index contributed by atoms with van der Waals surface area (Å²) in [5, 5.41) is 30.2. The highest BCUT2D eigenvalue weighted by molar-refractivity contribution is 5.70. The van der Waals surface area contributed by atoms with Crippen molar-refractivity contribution in [3.05, 3.63) is 24.3 Å². The van der Waals surface area contributed by atoms with Crippen molar-refractivity contribution in [2.75, 3.05) is 6.61 Å². The van der Waals surface area contributed by atoms with E-state index in [1.807, 2.05) is 0 Å². The number of hydrogen-bond donors (Lipinski definition) is 3. The largest absolute Gasteiger partial charge is 0.462 e. The zero-order chi connectivity index (χ0) is 53.1. The summed E-state index contributed by atoms with van der Waals surface area (Å²) >= 11 is 0. The molecule has 0 amide bonds. The standard InChI is InChI=1S/C61H88O17/c1-28-14-37-6-8-41-29(2)15-39(66-41)10-13-60-26-49-55(77-60)56-57(72-49)58(78-60)54-43(70-56)9-7-38(68-54)20-50(65)73-53-32(5)52-34(16-33(53)17-44(67-37)31(28)4)18-46-48(71-52)25-61(75-46)24-35-23-59(22-30(3)51(35)76-61)12-11-42-47(74-59)21-45(69-42)40(64)19-36(63)27-62/h28,30,32-49,51-58,62-64H,2,4,6-27H2,1,3,5H3/t28-,30+,32+,33+,34+,35+,36+,37+,38-,39+,40-,41?,42+,43+,44?,45+,46-,47+,48-,49+,51+,52+,53-,54+,55+,56+,57-,58+,59+,60+,61-/m1/s1. The highest BCUT2D eigenvalue weighted by Crippen LogP contribution is 2.60. The van der Waals surface area contributed by atoms with Gasteiger partial charge in [0.1, 0.15) is 36.6 Å². The van der Waals surface area contributed by atoms with Crippen molar-refractivity contribution in [3.63, 3.8) is 0 Å². The minimum absolute atomic E-state index is 0.00788. The Morgan fingerprint density at radius 1 is 0.538 bits per heavy atom. The average Bonchev–Trinajstić information content (AvgIpc) is 4.15. The molecule has 12 bridgehead atoms. The van der Waals surface area contributed by atoms with E-state index in [-0.39, 0.29) is 170 Å². The smallest absolute Gasteiger partial charge is 0.308 e. The monoisotopic (exact) mass is 1090 g/mol. The SMILES string of the molecule is C=C1C[C@@H]2CC[C@@]34C[C@@H]5O[C@@H]6[C@@H](O[C@H]7CC[C@H](CC(=O)O[C@H]8[C@H](CC9O[C@@H](CCC1O2)C[C@@H](C)C9=C)C[C@H]1C[C@H]2O[C@@]9(C[C@@H]%10C[C@]%11(CC[C@@H]%12O[C@H]([C@H](O)C[C@H](O)CO)C[C@@H]%12O%11)C[C@H](C)[C@@H]%10O9)C[C@H]2O[C@H]1[C@@H]8C)O[C@@H]7[C@@H]6O3)[C@H]5O4. The first-order valence-corrected chi connectivity index (χ1v) is 31.1. The van der Waals surface area contributed by atoms with Crippen molar-refractivity contribution < 1.29 is 81.7 Å². The van der Waals surface area contributed by atoms with Crippen molar-refractivity contribution >= 4 is 5.97 Å². The Morgan fingerprint density at radius 3 is 2.15 bits per heavy atom. The lowest BCUT2D eigenvalue weighted by Crippen LogP contribution is -2.61. The van der Waals surface area contributed by atoms with Crippen molar-refractivity contribution in [1.82, 2.24) is 0 Å². The van der Waals surface area contributed by atoms with E-state index in [2.05, 4.69) is 33.9 Å². The van der Waals surface area contributed by atoms with Gasteiger partial charge in [0, 0.05) is 44.4 Å². The molecule has 0 aromatic carbocycles. The lowest BCUT2D eigenvalue weighted by atomic mass is 9.66. The molecule has 16 fully saturated rings. The number of aliphatic hydroxyl groups excluding tert-OH is 3. The maximum atomic E-state index is 14.6. The van der Waals surface area contributed by atoms with Crippen LogP contribution in [0.2, 0.25) is 0 Å². The number of carbonyl (C=O) groups excluding carboxylic acids is 1. The van der Waals surface area contributed by atoms with Gasteiger partial charge in [0.05, 0.1) is 116 Å². The topological polar surface area (TPSA) is 198 Å². The van der Waals surface area contributed by atoms with Gasteiger partial charge in [-0.3, -0.25) is 4.79 Å². The molecule has 78 heavy (non-hydrogen) atoms. The Labute approximate surface area is 459 Å². The molecule has 2 saturated carbocycles. The lowest BCUT2D eigenvalue weighted by Gasteiger charge is -2.50. The Balaban J connectivity index is 0.653. The molecule has 17 heteroatoms. The maximum Gasteiger partial charge on any atom is 0.308 e. The third-order valence-electron chi connectivity index (χ3n) is 22.8. The highest BCUT2D eigenvalue weighted by Gasteiger charge is 2.69. The Kier molecular flexibility index (Phi) is 13.6. The first-order chi connectivity index (χ1) is 37.6. The van der Waals surface area contributed by atoms with Crippen LogP contribution in [0, 0.1) is 35.5 Å². The number of fused-ring (bicyclic) bond motifs is 10. The number of hydrogen-bond acceptors (Lipinski definition) is 17. The predicted molar refractivity (Wildman–Crippen MR) is 275 cm³/mol. The van der Waals surface area contributed by atoms with E-state index in [1.54, 1.807) is 0 Å². The van der Waals surface area contributed by atoms with Crippen LogP contribution in [0.25, 0.3) is 0 Å². The molecule has 2 aliphatic carbocycles. The van der Waals surface area contributed by atoms with Crippen LogP contribution in [-0.4, -0.2) is 179 Å². The molecule has 2 unspecified atom stereocenters. The van der Waals surface area contributed by atoms with Gasteiger partial charge < -0.3 is 76.9 Å². The molecule has 0 aromatic rings. The van der Waals surface area contributed by atoms with Crippen LogP contribution in [-0.2, 0) is 66.4 Å². The van der Waals surface area contributed by atoms with Crippen LogP contribution in [0.1, 0.15) is 156 Å². The van der Waals surface area contributed by atoms with Crippen molar-refractivity contribution in [2.45, 2.75) is 307 Å². The van der Waals surface area contributed by atoms with Gasteiger partial charge in [-0.2, -0.15) is 0 Å². The minimum atomic E-state index is -0.977. The third-order valence-corrected chi connectivity index (χ3v) is 22.8. The molecule has 434 valence electrons. The fraction of sp³-hybridized carbons (Fsp3) is 0.918. The van der Waals surface area contributed by atoms with Crippen LogP contribution in [0.5, 0.6) is 0 Å². The molecule has 14 aliphatic heterocycles. The van der Waals surface area contributed by atoms with Crippen LogP contribution in [0.15, 0.2) is 24.3 Å². The number of ether oxygens (including phenoxy) is 13. The van der Waals surface area contributed by atoms with Gasteiger partial charge in [0.2, 0.25) is 0 Å². The second kappa shape index (κ2) is 20.0. The molecule has 3 spiro atoms. The first kappa shape index (κ1) is 53.1. The minimum Gasteiger partial charge on any atom is -0.462 e. The summed E-state index contributed by atoms with van der Waals surface area (Å²) in [5.74, 6) is -0.867. The van der Waals surface area contributed by atoms with Gasteiger partial charge in [-0.1, -0.05) is 33.9 Å². The van der Waals surface area contributed by atoms with E-state index < -0.39 is 42.1 Å². The molecule has 16 aliphatic rings. The van der Waals surface area contributed by atoms with Gasteiger partial charge >= 0.3 is 5.97 Å². The molecular weight excluding hydrogens is 1000 g/mol. The van der Waals surface area contributed by atoms with E-state index in [0.29, 0.717) is 38.5 Å². The summed E-state index contributed by atoms with van der Waals surface area (Å²) in [7, 11) is 0. The normalized spacial score (nSPS) is 56.8. The summed E-state index contributed by atoms with van der Waals surface area (Å²) in [6.45, 7) is 15.6. The fourth-order valence-electron chi connectivity index (χ4n) is 19.3. The number of carbonyl (C=O) groups is 1. The molecule has 16 rings (SSSR count). The zero-order valence-electron chi connectivity index (χ0n) is 46.2. The van der Waals surface area contributed by atoms with Crippen LogP contribution < -0.4 is 0 Å². The summed E-state index contributed by atoms with van der Waals surface area (Å²) in [5.41, 5.74) is 1.97. The molecule has 14 saturated heterocycles. The number of esters is 1. The Hall–Kier alpha value is -1.65. The van der Waals surface area contributed by atoms with E-state index in [4.69, 9.17) is 61.6 Å². The van der Waals surface area contributed by atoms with Gasteiger partial charge in [0.25, 0.3) is 0 Å². The molecule has 14 heterocycles. The predicted octanol–water partition coefficient (Wildman–Crippen LogP) is 6.21. The van der Waals surface area contributed by atoms with Crippen molar-refractivity contribution in [2.24, 2.45) is 35.5 Å². The Bertz CT molecular complexity index is 2300. The second-order valence-electron chi connectivity index (χ2n) is 28.1. The lowest BCUT2D eigenvalue weighted by molar-refractivity contribution is -0.293. The summed E-state index contributed by atoms with van der Waals surface area (Å²) in [6.07, 6.45) is 9.84. The molecule has 0 aromatic heterocycles. The van der Waals surface area contributed by atoms with Crippen LogP contribution in [0.4, 0.5) is 0 Å². The first-order valence-electron chi connectivity index (χ1n) is 31.1. The molecular formula is C61H88O17. The van der Waals surface area contributed by atoms with E-state index in [1.165, 1.54) is 0 Å². The van der Waals surface area contributed by atoms with Crippen LogP contribution >= 0.6 is 0 Å². The van der Waals surface area contributed by atoms with E-state index in [0.717, 1.165) is 94.6 Å². The van der Waals surface area contributed by atoms with Crippen molar-refractivity contribution in [3.8, 4) is 0 Å². The summed E-state index contributed by atoms with van der Waals surface area (Å²) < 4.78 is 90.2. The Morgan fingerprint density at radius 2 is 1.28 bits per heavy atom. The second-order valence-corrected chi connectivity index (χ2v) is 28.1. The molecule has 17 nitrogen and oxygen atoms in total. The molecule has 31 atom stereocenters. The summed E-state index contributed by atoms with van der Waals surface area (Å²) in [4.78, 5) is 14.6. The maximum absolute atomic E-state index is 14.6. The van der Waals surface area contributed by atoms with Gasteiger partial charge in [-0.05, 0) is 131 Å². The third kappa shape index (κ3) is 9.21. The van der Waals surface area contributed by atoms with E-state index in [9.17, 15) is 20.1 Å². The fourth-order valence-corrected chi connectivity index (χ4v) is 19.3. The number of aliphatic hydroxyl groups is 3. The average molecular weight is 1090 g/mol. The molecule has 3 N–H and O–H groups in total. The van der Waals surface area contributed by atoms with E-state index >= 15 is 0 Å². The summed E-state index contributed by atoms with van der Waals surface area (Å²) in [6, 6.07) is 0. The quantitative estimate of drug-likeness (QED) is 0.212. The van der Waals surface area contributed by atoms with Crippen LogP contribution in [0.3, 0.4) is 0 Å². The highest BCUT2D eigenvalue weighted by atomic mass is 16.8. The van der Waals surface area contributed by atoms with Gasteiger partial charge in [-0.15, -0.1) is 0 Å². The van der Waals surface area contributed by atoms with Crippen molar-refractivity contribution in [1.29, 1.82) is 0 Å². The van der Waals surface area contributed by atoms with Gasteiger partial charge in [-0.25, -0.2) is 0 Å². The number of rotatable bonds is 4. The zero-order valence-corrected chi connectivity index (χ0v) is 46.2.